The molecular formula is C16H18N4O3S. The van der Waals surface area contributed by atoms with Crippen LogP contribution in [0.15, 0.2) is 27.5 Å². The normalized spacial score (nSPS) is 15.3. The summed E-state index contributed by atoms with van der Waals surface area (Å²) in [6, 6.07) is 6.27. The van der Waals surface area contributed by atoms with Gasteiger partial charge in [0.2, 0.25) is 5.89 Å². The van der Waals surface area contributed by atoms with Gasteiger partial charge in [-0.3, -0.25) is 0 Å². The molecule has 3 rings (SSSR count). The SMILES string of the molecule is Cc1ccc(C#N)cc1S(=O)(=O)Nc1nnc(CC2CCCC2)o1. The van der Waals surface area contributed by atoms with Gasteiger partial charge in [-0.25, -0.2) is 13.1 Å². The second-order valence-electron chi connectivity index (χ2n) is 6.05. The zero-order chi connectivity index (χ0) is 17.2. The Bertz CT molecular complexity index is 877. The summed E-state index contributed by atoms with van der Waals surface area (Å²) < 4.78 is 32.7. The van der Waals surface area contributed by atoms with Crippen LogP contribution in [0.2, 0.25) is 0 Å². The third kappa shape index (κ3) is 3.57. The molecule has 1 N–H and O–H groups in total. The Morgan fingerprint density at radius 2 is 2.08 bits per heavy atom. The summed E-state index contributed by atoms with van der Waals surface area (Å²) in [4.78, 5) is 0.0251. The van der Waals surface area contributed by atoms with Crippen LogP contribution < -0.4 is 4.72 Å². The molecule has 2 aromatic rings. The Labute approximate surface area is 140 Å². The summed E-state index contributed by atoms with van der Waals surface area (Å²) >= 11 is 0. The van der Waals surface area contributed by atoms with Crippen LogP contribution in [0.25, 0.3) is 0 Å². The van der Waals surface area contributed by atoms with Gasteiger partial charge in [0.05, 0.1) is 16.5 Å². The topological polar surface area (TPSA) is 109 Å². The second kappa shape index (κ2) is 6.61. The second-order valence-corrected chi connectivity index (χ2v) is 7.70. The van der Waals surface area contributed by atoms with E-state index >= 15 is 0 Å². The molecule has 126 valence electrons. The van der Waals surface area contributed by atoms with Crippen molar-refractivity contribution < 1.29 is 12.8 Å². The van der Waals surface area contributed by atoms with Gasteiger partial charge in [0.15, 0.2) is 0 Å². The summed E-state index contributed by atoms with van der Waals surface area (Å²) in [5.41, 5.74) is 0.806. The number of aryl methyl sites for hydroxylation is 1. The first-order valence-corrected chi connectivity index (χ1v) is 9.32. The number of nitrogens with zero attached hydrogens (tertiary/aromatic N) is 3. The van der Waals surface area contributed by atoms with E-state index in [-0.39, 0.29) is 16.5 Å². The van der Waals surface area contributed by atoms with Crippen LogP contribution in [0.3, 0.4) is 0 Å². The maximum atomic E-state index is 12.5. The molecule has 0 bridgehead atoms. The maximum absolute atomic E-state index is 12.5. The lowest BCUT2D eigenvalue weighted by atomic mass is 10.0. The van der Waals surface area contributed by atoms with Crippen LogP contribution in [0, 0.1) is 24.2 Å². The van der Waals surface area contributed by atoms with Crippen molar-refractivity contribution in [1.29, 1.82) is 5.26 Å². The van der Waals surface area contributed by atoms with Crippen molar-refractivity contribution in [2.75, 3.05) is 4.72 Å². The fraction of sp³-hybridized carbons (Fsp3) is 0.438. The largest absolute Gasteiger partial charge is 0.407 e. The van der Waals surface area contributed by atoms with Gasteiger partial charge >= 0.3 is 6.01 Å². The van der Waals surface area contributed by atoms with E-state index in [0.29, 0.717) is 23.8 Å². The number of hydrogen-bond donors (Lipinski definition) is 1. The molecule has 7 nitrogen and oxygen atoms in total. The molecule has 0 aliphatic heterocycles. The van der Waals surface area contributed by atoms with Crippen LogP contribution >= 0.6 is 0 Å². The predicted octanol–water partition coefficient (Wildman–Crippen LogP) is 2.78. The van der Waals surface area contributed by atoms with Crippen LogP contribution in [-0.4, -0.2) is 18.6 Å². The highest BCUT2D eigenvalue weighted by molar-refractivity contribution is 7.92. The molecule has 0 unspecified atom stereocenters. The molecule has 1 aliphatic carbocycles. The highest BCUT2D eigenvalue weighted by atomic mass is 32.2. The number of hydrogen-bond acceptors (Lipinski definition) is 6. The minimum absolute atomic E-state index is 0.0251. The van der Waals surface area contributed by atoms with Crippen LogP contribution in [0.4, 0.5) is 6.01 Å². The highest BCUT2D eigenvalue weighted by Gasteiger charge is 2.22. The third-order valence-electron chi connectivity index (χ3n) is 4.23. The fourth-order valence-corrected chi connectivity index (χ4v) is 4.16. The van der Waals surface area contributed by atoms with E-state index in [1.165, 1.54) is 18.9 Å². The Morgan fingerprint density at radius 1 is 1.33 bits per heavy atom. The van der Waals surface area contributed by atoms with Gasteiger partial charge in [-0.05, 0) is 43.4 Å². The monoisotopic (exact) mass is 346 g/mol. The summed E-state index contributed by atoms with van der Waals surface area (Å²) in [6.45, 7) is 1.66. The van der Waals surface area contributed by atoms with E-state index in [1.54, 1.807) is 19.1 Å². The minimum Gasteiger partial charge on any atom is -0.407 e. The summed E-state index contributed by atoms with van der Waals surface area (Å²) in [6.07, 6.45) is 5.39. The molecule has 1 aliphatic rings. The van der Waals surface area contributed by atoms with Crippen molar-refractivity contribution in [2.24, 2.45) is 5.92 Å². The van der Waals surface area contributed by atoms with Gasteiger partial charge in [-0.15, -0.1) is 5.10 Å². The molecule has 1 aromatic carbocycles. The molecule has 1 saturated carbocycles. The zero-order valence-electron chi connectivity index (χ0n) is 13.3. The third-order valence-corrected chi connectivity index (χ3v) is 5.70. The Balaban J connectivity index is 1.77. The summed E-state index contributed by atoms with van der Waals surface area (Å²) in [7, 11) is -3.89. The number of rotatable bonds is 5. The summed E-state index contributed by atoms with van der Waals surface area (Å²) in [5, 5.41) is 16.6. The Kier molecular flexibility index (Phi) is 4.53. The van der Waals surface area contributed by atoms with Crippen molar-refractivity contribution in [3.05, 3.63) is 35.2 Å². The minimum atomic E-state index is -3.89. The number of aromatic nitrogens is 2. The molecular weight excluding hydrogens is 328 g/mol. The standard InChI is InChI=1S/C16H18N4O3S/c1-11-6-7-13(10-17)8-14(11)24(21,22)20-16-19-18-15(23-16)9-12-4-2-3-5-12/h6-8,12H,2-5,9H2,1H3,(H,19,20). The fourth-order valence-electron chi connectivity index (χ4n) is 2.97. The summed E-state index contributed by atoms with van der Waals surface area (Å²) in [5.74, 6) is 0.978. The van der Waals surface area contributed by atoms with E-state index in [2.05, 4.69) is 14.9 Å². The van der Waals surface area contributed by atoms with Crippen molar-refractivity contribution in [3.8, 4) is 6.07 Å². The predicted molar refractivity (Wildman–Crippen MR) is 86.7 cm³/mol. The van der Waals surface area contributed by atoms with E-state index in [0.717, 1.165) is 12.8 Å². The number of benzene rings is 1. The molecule has 1 aromatic heterocycles. The molecule has 24 heavy (non-hydrogen) atoms. The van der Waals surface area contributed by atoms with E-state index < -0.39 is 10.0 Å². The van der Waals surface area contributed by atoms with E-state index in [4.69, 9.17) is 9.68 Å². The van der Waals surface area contributed by atoms with E-state index in [9.17, 15) is 8.42 Å². The average molecular weight is 346 g/mol. The molecule has 0 radical (unpaired) electrons. The Morgan fingerprint density at radius 3 is 2.79 bits per heavy atom. The van der Waals surface area contributed by atoms with Crippen molar-refractivity contribution in [2.45, 2.75) is 43.9 Å². The van der Waals surface area contributed by atoms with Gasteiger partial charge < -0.3 is 4.42 Å². The smallest absolute Gasteiger partial charge is 0.329 e. The van der Waals surface area contributed by atoms with E-state index in [1.807, 2.05) is 6.07 Å². The van der Waals surface area contributed by atoms with Crippen LogP contribution in [0.1, 0.15) is 42.7 Å². The first kappa shape index (κ1) is 16.5. The van der Waals surface area contributed by atoms with Gasteiger partial charge in [0.25, 0.3) is 10.0 Å². The van der Waals surface area contributed by atoms with Crippen molar-refractivity contribution in [1.82, 2.24) is 10.2 Å². The molecule has 0 atom stereocenters. The lowest BCUT2D eigenvalue weighted by Crippen LogP contribution is -2.14. The number of nitriles is 1. The molecule has 8 heteroatoms. The maximum Gasteiger partial charge on any atom is 0.329 e. The molecule has 0 spiro atoms. The lowest BCUT2D eigenvalue weighted by Gasteiger charge is -2.07. The molecule has 0 amide bonds. The average Bonchev–Trinajstić information content (AvgIpc) is 3.20. The van der Waals surface area contributed by atoms with Gasteiger partial charge in [0.1, 0.15) is 0 Å². The number of anilines is 1. The zero-order valence-corrected chi connectivity index (χ0v) is 14.1. The number of nitrogens with one attached hydrogen (secondary N) is 1. The van der Waals surface area contributed by atoms with Crippen molar-refractivity contribution >= 4 is 16.0 Å². The van der Waals surface area contributed by atoms with Crippen molar-refractivity contribution in [3.63, 3.8) is 0 Å². The van der Waals surface area contributed by atoms with Gasteiger partial charge in [-0.1, -0.05) is 24.0 Å². The van der Waals surface area contributed by atoms with Crippen LogP contribution in [0.5, 0.6) is 0 Å². The molecule has 1 fully saturated rings. The lowest BCUT2D eigenvalue weighted by molar-refractivity contribution is 0.439. The van der Waals surface area contributed by atoms with Crippen LogP contribution in [-0.2, 0) is 16.4 Å². The quantitative estimate of drug-likeness (QED) is 0.891. The highest BCUT2D eigenvalue weighted by Crippen LogP contribution is 2.28. The molecule has 1 heterocycles. The van der Waals surface area contributed by atoms with Gasteiger partial charge in [0, 0.05) is 6.42 Å². The number of sulfonamides is 1. The van der Waals surface area contributed by atoms with Gasteiger partial charge in [-0.2, -0.15) is 5.26 Å². The first-order valence-electron chi connectivity index (χ1n) is 7.84. The Hall–Kier alpha value is -2.40. The first-order chi connectivity index (χ1) is 11.5. The molecule has 0 saturated heterocycles.